The largest absolute Gasteiger partial charge is 0.416 e. The Kier molecular flexibility index (Phi) is 5.60. The Morgan fingerprint density at radius 2 is 1.66 bits per heavy atom. The summed E-state index contributed by atoms with van der Waals surface area (Å²) in [6, 6.07) is 9.53. The quantitative estimate of drug-likeness (QED) is 0.476. The van der Waals surface area contributed by atoms with Crippen molar-refractivity contribution in [1.29, 1.82) is 0 Å². The minimum atomic E-state index is -4.52. The molecule has 3 rings (SSSR count). The van der Waals surface area contributed by atoms with Gasteiger partial charge in [-0.1, -0.05) is 11.6 Å². The zero-order chi connectivity index (χ0) is 21.2. The lowest BCUT2D eigenvalue weighted by Crippen LogP contribution is -2.08. The molecule has 6 nitrogen and oxygen atoms in total. The summed E-state index contributed by atoms with van der Waals surface area (Å²) in [5.74, 6) is 0.257. The van der Waals surface area contributed by atoms with Crippen LogP contribution in [0.25, 0.3) is 0 Å². The molecule has 0 amide bonds. The number of nitrogens with zero attached hydrogens (tertiary/aromatic N) is 2. The number of Topliss-reactive ketones (excluding diaryl/α,β-unsaturated/α-hetero) is 1. The molecule has 0 radical (unpaired) electrons. The molecule has 0 unspecified atom stereocenters. The Labute approximate surface area is 168 Å². The highest BCUT2D eigenvalue weighted by molar-refractivity contribution is 6.33. The number of alkyl halides is 3. The normalized spacial score (nSPS) is 11.2. The third-order valence-corrected chi connectivity index (χ3v) is 4.31. The molecular formula is C19H15ClF3N5O. The van der Waals surface area contributed by atoms with Crippen molar-refractivity contribution in [3.8, 4) is 0 Å². The van der Waals surface area contributed by atoms with E-state index in [1.165, 1.54) is 13.3 Å². The Hall–Kier alpha value is -3.33. The average molecular weight is 422 g/mol. The number of carbonyl (C=O) groups is 1. The smallest absolute Gasteiger partial charge is 0.393 e. The van der Waals surface area contributed by atoms with Crippen molar-refractivity contribution < 1.29 is 18.0 Å². The number of hydrogen-bond donors (Lipinski definition) is 3. The Morgan fingerprint density at radius 3 is 2.24 bits per heavy atom. The second-order valence-electron chi connectivity index (χ2n) is 6.06. The predicted molar refractivity (Wildman–Crippen MR) is 106 cm³/mol. The summed E-state index contributed by atoms with van der Waals surface area (Å²) >= 11 is 6.00. The van der Waals surface area contributed by atoms with Gasteiger partial charge in [0.2, 0.25) is 0 Å². The molecule has 4 N–H and O–H groups in total. The topological polar surface area (TPSA) is 92.9 Å². The Morgan fingerprint density at radius 1 is 1.03 bits per heavy atom. The van der Waals surface area contributed by atoms with E-state index in [-0.39, 0.29) is 33.8 Å². The van der Waals surface area contributed by atoms with Crippen LogP contribution in [0.15, 0.2) is 48.8 Å². The van der Waals surface area contributed by atoms with E-state index in [9.17, 15) is 18.0 Å². The number of nitrogen functional groups attached to an aromatic ring is 1. The van der Waals surface area contributed by atoms with Crippen molar-refractivity contribution >= 4 is 46.1 Å². The highest BCUT2D eigenvalue weighted by Crippen LogP contribution is 2.36. The molecule has 10 heteroatoms. The standard InChI is InChI=1S/C19H15ClF3N5O/c1-10(29)11-2-5-13(6-3-11)27-17-16(24)18(26-9-25-17)28-15-8-12(19(21,22)23)4-7-14(15)20/h2-9H,24H2,1H3,(H2,25,26,27,28). The number of nitrogens with two attached hydrogens (primary N) is 1. The van der Waals surface area contributed by atoms with Gasteiger partial charge in [-0.05, 0) is 49.4 Å². The second-order valence-corrected chi connectivity index (χ2v) is 6.47. The van der Waals surface area contributed by atoms with E-state index in [1.54, 1.807) is 24.3 Å². The van der Waals surface area contributed by atoms with Gasteiger partial charge >= 0.3 is 6.18 Å². The van der Waals surface area contributed by atoms with Crippen LogP contribution in [0.2, 0.25) is 5.02 Å². The minimum absolute atomic E-state index is 0.00338. The van der Waals surface area contributed by atoms with Crippen molar-refractivity contribution in [3.05, 3.63) is 64.9 Å². The van der Waals surface area contributed by atoms with Crippen molar-refractivity contribution in [2.24, 2.45) is 0 Å². The van der Waals surface area contributed by atoms with Crippen LogP contribution in [0, 0.1) is 0 Å². The van der Waals surface area contributed by atoms with Crippen LogP contribution in [0.5, 0.6) is 0 Å². The number of anilines is 5. The number of ketones is 1. The van der Waals surface area contributed by atoms with Gasteiger partial charge in [0.1, 0.15) is 12.0 Å². The molecule has 2 aromatic carbocycles. The maximum Gasteiger partial charge on any atom is 0.416 e. The third kappa shape index (κ3) is 4.75. The van der Waals surface area contributed by atoms with Crippen LogP contribution >= 0.6 is 11.6 Å². The molecule has 29 heavy (non-hydrogen) atoms. The molecule has 1 aromatic heterocycles. The summed E-state index contributed by atoms with van der Waals surface area (Å²) in [6.45, 7) is 1.46. The van der Waals surface area contributed by atoms with E-state index in [1.807, 2.05) is 0 Å². The number of nitrogens with one attached hydrogen (secondary N) is 2. The zero-order valence-electron chi connectivity index (χ0n) is 15.0. The molecule has 0 aliphatic rings. The highest BCUT2D eigenvalue weighted by atomic mass is 35.5. The fourth-order valence-corrected chi connectivity index (χ4v) is 2.61. The van der Waals surface area contributed by atoms with Crippen LogP contribution in [0.4, 0.5) is 41.9 Å². The second kappa shape index (κ2) is 7.96. The van der Waals surface area contributed by atoms with E-state index in [0.29, 0.717) is 11.3 Å². The van der Waals surface area contributed by atoms with Crippen LogP contribution in [-0.4, -0.2) is 15.8 Å². The van der Waals surface area contributed by atoms with Gasteiger partial charge in [0.15, 0.2) is 17.4 Å². The van der Waals surface area contributed by atoms with Crippen molar-refractivity contribution in [2.45, 2.75) is 13.1 Å². The fourth-order valence-electron chi connectivity index (χ4n) is 2.44. The van der Waals surface area contributed by atoms with Gasteiger partial charge in [0.25, 0.3) is 0 Å². The molecule has 1 heterocycles. The van der Waals surface area contributed by atoms with Crippen LogP contribution < -0.4 is 16.4 Å². The summed E-state index contributed by atoms with van der Waals surface area (Å²) in [5, 5.41) is 5.76. The van der Waals surface area contributed by atoms with E-state index in [0.717, 1.165) is 18.2 Å². The number of benzene rings is 2. The Bertz CT molecular complexity index is 1050. The Balaban J connectivity index is 1.87. The number of carbonyl (C=O) groups excluding carboxylic acids is 1. The molecule has 150 valence electrons. The summed E-state index contributed by atoms with van der Waals surface area (Å²) in [5.41, 5.74) is 6.45. The highest BCUT2D eigenvalue weighted by Gasteiger charge is 2.31. The molecule has 0 saturated carbocycles. The van der Waals surface area contributed by atoms with Crippen LogP contribution in [-0.2, 0) is 6.18 Å². The van der Waals surface area contributed by atoms with Crippen molar-refractivity contribution in [2.75, 3.05) is 16.4 Å². The number of halogens is 4. The lowest BCUT2D eigenvalue weighted by Gasteiger charge is -2.15. The first-order chi connectivity index (χ1) is 13.6. The van der Waals surface area contributed by atoms with Gasteiger partial charge in [-0.25, -0.2) is 9.97 Å². The lowest BCUT2D eigenvalue weighted by atomic mass is 10.1. The van der Waals surface area contributed by atoms with Gasteiger partial charge in [-0.15, -0.1) is 0 Å². The van der Waals surface area contributed by atoms with E-state index >= 15 is 0 Å². The van der Waals surface area contributed by atoms with E-state index < -0.39 is 11.7 Å². The number of aromatic nitrogens is 2. The first kappa shape index (κ1) is 20.4. The molecule has 0 aliphatic carbocycles. The van der Waals surface area contributed by atoms with E-state index in [2.05, 4.69) is 20.6 Å². The summed E-state index contributed by atoms with van der Waals surface area (Å²) < 4.78 is 38.9. The number of rotatable bonds is 5. The molecule has 0 aliphatic heterocycles. The number of hydrogen-bond acceptors (Lipinski definition) is 6. The maximum atomic E-state index is 13.0. The minimum Gasteiger partial charge on any atom is -0.393 e. The molecule has 0 saturated heterocycles. The van der Waals surface area contributed by atoms with Crippen LogP contribution in [0.1, 0.15) is 22.8 Å². The van der Waals surface area contributed by atoms with Gasteiger partial charge in [-0.3, -0.25) is 4.79 Å². The lowest BCUT2D eigenvalue weighted by molar-refractivity contribution is -0.137. The first-order valence-electron chi connectivity index (χ1n) is 8.27. The average Bonchev–Trinajstić information content (AvgIpc) is 2.66. The van der Waals surface area contributed by atoms with E-state index in [4.69, 9.17) is 17.3 Å². The summed E-state index contributed by atoms with van der Waals surface area (Å²) in [7, 11) is 0. The predicted octanol–water partition coefficient (Wildman–Crippen LogP) is 5.42. The molecule has 0 spiro atoms. The van der Waals surface area contributed by atoms with Crippen molar-refractivity contribution in [3.63, 3.8) is 0 Å². The monoisotopic (exact) mass is 421 g/mol. The summed E-state index contributed by atoms with van der Waals surface area (Å²) in [4.78, 5) is 19.4. The van der Waals surface area contributed by atoms with Gasteiger partial charge < -0.3 is 16.4 Å². The molecule has 3 aromatic rings. The van der Waals surface area contributed by atoms with Gasteiger partial charge in [-0.2, -0.15) is 13.2 Å². The first-order valence-corrected chi connectivity index (χ1v) is 8.65. The van der Waals surface area contributed by atoms with Crippen LogP contribution in [0.3, 0.4) is 0 Å². The molecule has 0 bridgehead atoms. The zero-order valence-corrected chi connectivity index (χ0v) is 15.8. The molecule has 0 fully saturated rings. The SMILES string of the molecule is CC(=O)c1ccc(Nc2ncnc(Nc3cc(C(F)(F)F)ccc3Cl)c2N)cc1. The third-order valence-electron chi connectivity index (χ3n) is 3.98. The van der Waals surface area contributed by atoms with Crippen molar-refractivity contribution in [1.82, 2.24) is 9.97 Å². The summed E-state index contributed by atoms with van der Waals surface area (Å²) in [6.07, 6.45) is -3.32. The molecular weight excluding hydrogens is 407 g/mol. The van der Waals surface area contributed by atoms with Gasteiger partial charge in [0, 0.05) is 11.3 Å². The van der Waals surface area contributed by atoms with Gasteiger partial charge in [0.05, 0.1) is 16.3 Å². The molecule has 0 atom stereocenters. The maximum absolute atomic E-state index is 13.0. The fraction of sp³-hybridized carbons (Fsp3) is 0.105.